The first-order chi connectivity index (χ1) is 22.3. The van der Waals surface area contributed by atoms with Crippen LogP contribution >= 0.6 is 11.3 Å². The van der Waals surface area contributed by atoms with Gasteiger partial charge in [0.15, 0.2) is 0 Å². The van der Waals surface area contributed by atoms with Crippen molar-refractivity contribution in [3.05, 3.63) is 164 Å². The van der Waals surface area contributed by atoms with Crippen LogP contribution in [0, 0.1) is 0 Å². The Kier molecular flexibility index (Phi) is 6.07. The van der Waals surface area contributed by atoms with Gasteiger partial charge in [-0.15, -0.1) is 11.3 Å². The highest BCUT2D eigenvalue weighted by molar-refractivity contribution is 7.26. The molecule has 0 fully saturated rings. The number of aromatic nitrogens is 1. The zero-order valence-electron chi connectivity index (χ0n) is 24.4. The fraction of sp³-hybridized carbons (Fsp3) is 0. The molecule has 2 heteroatoms. The number of nitrogens with zero attached hydrogens (tertiary/aromatic N) is 1. The summed E-state index contributed by atoms with van der Waals surface area (Å²) in [5.74, 6) is 0. The normalized spacial score (nSPS) is 11.6. The monoisotopic (exact) mass is 589 g/mol. The van der Waals surface area contributed by atoms with Crippen LogP contribution in [0.15, 0.2) is 164 Å². The van der Waals surface area contributed by atoms with E-state index >= 15 is 0 Å². The SMILES string of the molecule is c1ccc(-c2cc(-c3ccccc3)cc(-c3cccc4c3nc(-c3ccccc3)c3ccc5sc6ccccc6c5c34)c2)cc1. The first-order valence-electron chi connectivity index (χ1n) is 15.3. The van der Waals surface area contributed by atoms with E-state index in [1.165, 1.54) is 58.6 Å². The van der Waals surface area contributed by atoms with Crippen molar-refractivity contribution in [2.75, 3.05) is 0 Å². The molecule has 0 saturated heterocycles. The lowest BCUT2D eigenvalue weighted by molar-refractivity contribution is 1.43. The number of para-hydroxylation sites is 1. The average Bonchev–Trinajstić information content (AvgIpc) is 3.51. The lowest BCUT2D eigenvalue weighted by Crippen LogP contribution is -1.93. The van der Waals surface area contributed by atoms with E-state index in [0.717, 1.165) is 27.9 Å². The summed E-state index contributed by atoms with van der Waals surface area (Å²) in [4.78, 5) is 5.53. The van der Waals surface area contributed by atoms with Gasteiger partial charge in [-0.2, -0.15) is 0 Å². The number of hydrogen-bond donors (Lipinski definition) is 0. The molecular formula is C43H27NS. The summed E-state index contributed by atoms with van der Waals surface area (Å²) in [6, 6.07) is 59.0. The van der Waals surface area contributed by atoms with Crippen LogP contribution in [0.1, 0.15) is 0 Å². The molecule has 0 spiro atoms. The van der Waals surface area contributed by atoms with Gasteiger partial charge in [0.25, 0.3) is 0 Å². The van der Waals surface area contributed by atoms with Crippen molar-refractivity contribution in [2.45, 2.75) is 0 Å². The van der Waals surface area contributed by atoms with E-state index in [4.69, 9.17) is 4.98 Å². The quantitative estimate of drug-likeness (QED) is 0.186. The molecule has 0 N–H and O–H groups in total. The molecule has 0 bridgehead atoms. The van der Waals surface area contributed by atoms with Gasteiger partial charge in [-0.1, -0.05) is 133 Å². The molecule has 0 unspecified atom stereocenters. The second-order valence-corrected chi connectivity index (χ2v) is 12.6. The van der Waals surface area contributed by atoms with Crippen LogP contribution in [0.25, 0.3) is 86.5 Å². The second-order valence-electron chi connectivity index (χ2n) is 11.5. The summed E-state index contributed by atoms with van der Waals surface area (Å²) in [6.45, 7) is 0. The van der Waals surface area contributed by atoms with Gasteiger partial charge >= 0.3 is 0 Å². The minimum atomic E-state index is 1.02. The van der Waals surface area contributed by atoms with Crippen molar-refractivity contribution in [1.82, 2.24) is 4.98 Å². The molecule has 0 atom stereocenters. The van der Waals surface area contributed by atoms with Gasteiger partial charge in [-0.25, -0.2) is 4.98 Å². The summed E-state index contributed by atoms with van der Waals surface area (Å²) in [5.41, 5.74) is 10.3. The third-order valence-electron chi connectivity index (χ3n) is 8.83. The Balaban J connectivity index is 1.42. The highest BCUT2D eigenvalue weighted by Crippen LogP contribution is 2.45. The molecule has 0 aliphatic carbocycles. The Hall–Kier alpha value is -5.57. The number of pyridine rings is 1. The minimum absolute atomic E-state index is 1.02. The van der Waals surface area contributed by atoms with Gasteiger partial charge in [0, 0.05) is 47.5 Å². The van der Waals surface area contributed by atoms with Gasteiger partial charge in [0.2, 0.25) is 0 Å². The highest BCUT2D eigenvalue weighted by atomic mass is 32.1. The van der Waals surface area contributed by atoms with Crippen LogP contribution in [0.5, 0.6) is 0 Å². The van der Waals surface area contributed by atoms with Crippen molar-refractivity contribution in [3.8, 4) is 44.6 Å². The Bertz CT molecular complexity index is 2460. The fourth-order valence-corrected chi connectivity index (χ4v) is 7.87. The van der Waals surface area contributed by atoms with E-state index < -0.39 is 0 Å². The van der Waals surface area contributed by atoms with E-state index in [9.17, 15) is 0 Å². The zero-order chi connectivity index (χ0) is 29.7. The number of benzene rings is 7. The van der Waals surface area contributed by atoms with Crippen LogP contribution in [0.2, 0.25) is 0 Å². The number of fused-ring (bicyclic) bond motifs is 7. The lowest BCUT2D eigenvalue weighted by atomic mass is 9.90. The Morgan fingerprint density at radius 1 is 0.356 bits per heavy atom. The Morgan fingerprint density at radius 3 is 1.62 bits per heavy atom. The van der Waals surface area contributed by atoms with Gasteiger partial charge in [-0.05, 0) is 58.1 Å². The third kappa shape index (κ3) is 4.34. The van der Waals surface area contributed by atoms with Gasteiger partial charge < -0.3 is 0 Å². The van der Waals surface area contributed by atoms with E-state index in [1.807, 2.05) is 11.3 Å². The molecule has 0 aliphatic rings. The summed E-state index contributed by atoms with van der Waals surface area (Å²) in [6.07, 6.45) is 0. The first-order valence-corrected chi connectivity index (χ1v) is 16.1. The largest absolute Gasteiger partial charge is 0.246 e. The maximum absolute atomic E-state index is 5.53. The maximum Gasteiger partial charge on any atom is 0.0794 e. The Morgan fingerprint density at radius 2 is 0.933 bits per heavy atom. The van der Waals surface area contributed by atoms with Crippen molar-refractivity contribution in [2.24, 2.45) is 0 Å². The van der Waals surface area contributed by atoms with Crippen molar-refractivity contribution < 1.29 is 0 Å². The van der Waals surface area contributed by atoms with Crippen LogP contribution < -0.4 is 0 Å². The number of rotatable bonds is 4. The van der Waals surface area contributed by atoms with E-state index in [-0.39, 0.29) is 0 Å². The molecule has 9 rings (SSSR count). The summed E-state index contributed by atoms with van der Waals surface area (Å²) < 4.78 is 2.61. The average molecular weight is 590 g/mol. The maximum atomic E-state index is 5.53. The standard InChI is InChI=1S/C43H27NS/c1-4-13-28(14-5-1)31-25-32(29-15-6-2-7-16-29)27-33(26-31)34-20-12-21-36-40-37(42(44-43(34)36)30-17-8-3-9-18-30)23-24-39-41(40)35-19-10-11-22-38(35)45-39/h1-27H. The molecule has 2 aromatic heterocycles. The molecule has 0 amide bonds. The summed E-state index contributed by atoms with van der Waals surface area (Å²) in [7, 11) is 0. The van der Waals surface area contributed by atoms with Crippen molar-refractivity contribution in [1.29, 1.82) is 0 Å². The topological polar surface area (TPSA) is 12.9 Å². The zero-order valence-corrected chi connectivity index (χ0v) is 25.3. The molecule has 9 aromatic rings. The number of thiophene rings is 1. The van der Waals surface area contributed by atoms with Crippen LogP contribution in [0.3, 0.4) is 0 Å². The smallest absolute Gasteiger partial charge is 0.0794 e. The van der Waals surface area contributed by atoms with Gasteiger partial charge in [0.05, 0.1) is 11.2 Å². The van der Waals surface area contributed by atoms with Crippen molar-refractivity contribution in [3.63, 3.8) is 0 Å². The summed E-state index contributed by atoms with van der Waals surface area (Å²) in [5, 5.41) is 6.26. The molecular weight excluding hydrogens is 563 g/mol. The highest BCUT2D eigenvalue weighted by Gasteiger charge is 2.19. The molecule has 0 radical (unpaired) electrons. The Labute approximate surface area is 265 Å². The molecule has 210 valence electrons. The summed E-state index contributed by atoms with van der Waals surface area (Å²) >= 11 is 1.87. The molecule has 1 nitrogen and oxygen atoms in total. The second kappa shape index (κ2) is 10.6. The lowest BCUT2D eigenvalue weighted by Gasteiger charge is -2.16. The predicted molar refractivity (Wildman–Crippen MR) is 194 cm³/mol. The fourth-order valence-electron chi connectivity index (χ4n) is 6.76. The predicted octanol–water partition coefficient (Wildman–Crippen LogP) is 12.4. The van der Waals surface area contributed by atoms with Gasteiger partial charge in [0.1, 0.15) is 0 Å². The minimum Gasteiger partial charge on any atom is -0.246 e. The van der Waals surface area contributed by atoms with Crippen LogP contribution in [-0.4, -0.2) is 4.98 Å². The van der Waals surface area contributed by atoms with Crippen LogP contribution in [-0.2, 0) is 0 Å². The number of hydrogen-bond acceptors (Lipinski definition) is 2. The van der Waals surface area contributed by atoms with E-state index in [1.54, 1.807) is 0 Å². The van der Waals surface area contributed by atoms with Crippen LogP contribution in [0.4, 0.5) is 0 Å². The molecule has 45 heavy (non-hydrogen) atoms. The molecule has 0 saturated carbocycles. The van der Waals surface area contributed by atoms with Crippen molar-refractivity contribution >= 4 is 53.2 Å². The first kappa shape index (κ1) is 25.9. The molecule has 2 heterocycles. The van der Waals surface area contributed by atoms with E-state index in [2.05, 4.69) is 164 Å². The third-order valence-corrected chi connectivity index (χ3v) is 9.97. The van der Waals surface area contributed by atoms with Gasteiger partial charge in [-0.3, -0.25) is 0 Å². The molecule has 7 aromatic carbocycles. The molecule has 0 aliphatic heterocycles. The van der Waals surface area contributed by atoms with E-state index in [0.29, 0.717) is 0 Å².